The van der Waals surface area contributed by atoms with E-state index in [0.29, 0.717) is 12.2 Å². The van der Waals surface area contributed by atoms with Gasteiger partial charge in [-0.3, -0.25) is 4.98 Å². The zero-order chi connectivity index (χ0) is 18.9. The first-order valence-electron chi connectivity index (χ1n) is 9.63. The van der Waals surface area contributed by atoms with Crippen LogP contribution in [0.2, 0.25) is 0 Å². The number of hydrogen-bond donors (Lipinski definition) is 1. The van der Waals surface area contributed by atoms with E-state index in [4.69, 9.17) is 4.74 Å². The molecule has 5 nitrogen and oxygen atoms in total. The first-order valence-corrected chi connectivity index (χ1v) is 9.63. The molecular weight excluding hydrogens is 338 g/mol. The Kier molecular flexibility index (Phi) is 6.99. The third-order valence-electron chi connectivity index (χ3n) is 4.63. The van der Waals surface area contributed by atoms with E-state index in [0.717, 1.165) is 43.4 Å². The summed E-state index contributed by atoms with van der Waals surface area (Å²) < 4.78 is 7.28. The molecule has 0 bridgehead atoms. The van der Waals surface area contributed by atoms with Gasteiger partial charge in [0.1, 0.15) is 0 Å². The number of unbranched alkanes of at least 4 members (excludes halogenated alkanes) is 1. The van der Waals surface area contributed by atoms with Gasteiger partial charge in [-0.15, -0.1) is 0 Å². The molecule has 2 aromatic heterocycles. The van der Waals surface area contributed by atoms with Gasteiger partial charge in [-0.25, -0.2) is 4.79 Å². The van der Waals surface area contributed by atoms with Crippen molar-refractivity contribution < 1.29 is 9.53 Å². The molecule has 0 aliphatic rings. The zero-order valence-electron chi connectivity index (χ0n) is 15.9. The van der Waals surface area contributed by atoms with Crippen LogP contribution in [0.4, 0.5) is 0 Å². The quantitative estimate of drug-likeness (QED) is 0.438. The first kappa shape index (κ1) is 19.1. The van der Waals surface area contributed by atoms with Crippen LogP contribution < -0.4 is 5.32 Å². The van der Waals surface area contributed by atoms with Gasteiger partial charge in [-0.2, -0.15) is 0 Å². The van der Waals surface area contributed by atoms with Crippen molar-refractivity contribution >= 4 is 16.9 Å². The van der Waals surface area contributed by atoms with E-state index in [1.807, 2.05) is 43.6 Å². The van der Waals surface area contributed by atoms with Gasteiger partial charge >= 0.3 is 5.97 Å². The summed E-state index contributed by atoms with van der Waals surface area (Å²) in [5, 5.41) is 4.58. The van der Waals surface area contributed by atoms with E-state index in [2.05, 4.69) is 33.2 Å². The highest BCUT2D eigenvalue weighted by atomic mass is 16.5. The monoisotopic (exact) mass is 365 g/mol. The maximum Gasteiger partial charge on any atom is 0.338 e. The van der Waals surface area contributed by atoms with Crippen LogP contribution in [-0.2, 0) is 17.7 Å². The number of nitrogens with zero attached hydrogens (tertiary/aromatic N) is 2. The van der Waals surface area contributed by atoms with Crippen LogP contribution in [-0.4, -0.2) is 35.2 Å². The largest absolute Gasteiger partial charge is 0.462 e. The topological polar surface area (TPSA) is 56.1 Å². The number of pyridine rings is 1. The summed E-state index contributed by atoms with van der Waals surface area (Å²) in [7, 11) is 0. The van der Waals surface area contributed by atoms with Crippen LogP contribution in [0.1, 0.15) is 35.7 Å². The lowest BCUT2D eigenvalue weighted by Gasteiger charge is -2.08. The summed E-state index contributed by atoms with van der Waals surface area (Å²) in [6.07, 6.45) is 9.23. The second-order valence-electron chi connectivity index (χ2n) is 6.57. The number of ether oxygens (including phenoxy) is 1. The maximum absolute atomic E-state index is 11.8. The Morgan fingerprint density at radius 1 is 1.11 bits per heavy atom. The molecule has 2 heterocycles. The molecule has 0 aliphatic heterocycles. The summed E-state index contributed by atoms with van der Waals surface area (Å²) in [6, 6.07) is 11.9. The molecule has 3 aromatic rings. The van der Waals surface area contributed by atoms with Gasteiger partial charge < -0.3 is 14.6 Å². The summed E-state index contributed by atoms with van der Waals surface area (Å²) in [5.74, 6) is -0.263. The van der Waals surface area contributed by atoms with E-state index in [9.17, 15) is 4.79 Å². The number of carbonyl (C=O) groups excluding carboxylic acids is 1. The predicted octanol–water partition coefficient (Wildman–Crippen LogP) is 3.83. The average Bonchev–Trinajstić information content (AvgIpc) is 3.10. The SMILES string of the molecule is CCOC(=O)c1ccc2c(ccn2CCNCCCCc2ccncc2)c1. The van der Waals surface area contributed by atoms with Crippen molar-refractivity contribution in [3.05, 3.63) is 66.1 Å². The summed E-state index contributed by atoms with van der Waals surface area (Å²) in [6.45, 7) is 5.08. The minimum atomic E-state index is -0.263. The first-order chi connectivity index (χ1) is 13.3. The van der Waals surface area contributed by atoms with E-state index in [1.54, 1.807) is 0 Å². The number of hydrogen-bond acceptors (Lipinski definition) is 4. The van der Waals surface area contributed by atoms with Crippen molar-refractivity contribution in [1.29, 1.82) is 0 Å². The van der Waals surface area contributed by atoms with Crippen molar-refractivity contribution in [2.45, 2.75) is 32.7 Å². The lowest BCUT2D eigenvalue weighted by atomic mass is 10.1. The minimum absolute atomic E-state index is 0.263. The van der Waals surface area contributed by atoms with Crippen molar-refractivity contribution in [1.82, 2.24) is 14.9 Å². The molecule has 27 heavy (non-hydrogen) atoms. The molecular formula is C22H27N3O2. The fourth-order valence-electron chi connectivity index (χ4n) is 3.19. The van der Waals surface area contributed by atoms with Gasteiger partial charge in [0, 0.05) is 42.6 Å². The fraction of sp³-hybridized carbons (Fsp3) is 0.364. The van der Waals surface area contributed by atoms with Gasteiger partial charge in [-0.1, -0.05) is 0 Å². The second kappa shape index (κ2) is 9.88. The Hall–Kier alpha value is -2.66. The highest BCUT2D eigenvalue weighted by Crippen LogP contribution is 2.18. The van der Waals surface area contributed by atoms with Crippen molar-refractivity contribution in [3.8, 4) is 0 Å². The molecule has 142 valence electrons. The summed E-state index contributed by atoms with van der Waals surface area (Å²) in [5.41, 5.74) is 3.10. The van der Waals surface area contributed by atoms with Crippen LogP contribution >= 0.6 is 0 Å². The summed E-state index contributed by atoms with van der Waals surface area (Å²) in [4.78, 5) is 15.9. The van der Waals surface area contributed by atoms with Crippen molar-refractivity contribution in [3.63, 3.8) is 0 Å². The van der Waals surface area contributed by atoms with Gasteiger partial charge in [-0.05, 0) is 74.7 Å². The molecule has 0 aliphatic carbocycles. The van der Waals surface area contributed by atoms with E-state index in [1.165, 1.54) is 12.0 Å². The number of aromatic nitrogens is 2. The number of rotatable bonds is 10. The number of fused-ring (bicyclic) bond motifs is 1. The number of aryl methyl sites for hydroxylation is 1. The molecule has 0 atom stereocenters. The fourth-order valence-corrected chi connectivity index (χ4v) is 3.19. The average molecular weight is 365 g/mol. The number of esters is 1. The lowest BCUT2D eigenvalue weighted by Crippen LogP contribution is -2.20. The Labute approximate surface area is 160 Å². The van der Waals surface area contributed by atoms with Gasteiger partial charge in [0.25, 0.3) is 0 Å². The number of carbonyl (C=O) groups is 1. The predicted molar refractivity (Wildman–Crippen MR) is 108 cm³/mol. The standard InChI is InChI=1S/C22H27N3O2/c1-2-27-22(26)20-6-7-21-19(17-20)10-15-25(21)16-14-23-11-4-3-5-18-8-12-24-13-9-18/h6-10,12-13,15,17,23H,2-5,11,14,16H2,1H3. The molecule has 0 spiro atoms. The van der Waals surface area contributed by atoms with Crippen LogP contribution in [0.5, 0.6) is 0 Å². The molecule has 0 saturated heterocycles. The molecule has 3 rings (SSSR count). The minimum Gasteiger partial charge on any atom is -0.462 e. The van der Waals surface area contributed by atoms with Gasteiger partial charge in [0.05, 0.1) is 12.2 Å². The van der Waals surface area contributed by atoms with Gasteiger partial charge in [0.15, 0.2) is 0 Å². The van der Waals surface area contributed by atoms with Crippen LogP contribution in [0.15, 0.2) is 55.0 Å². The van der Waals surface area contributed by atoms with E-state index in [-0.39, 0.29) is 5.97 Å². The molecule has 1 aromatic carbocycles. The lowest BCUT2D eigenvalue weighted by molar-refractivity contribution is 0.0526. The third kappa shape index (κ3) is 5.41. The normalized spacial score (nSPS) is 11.0. The molecule has 1 N–H and O–H groups in total. The van der Waals surface area contributed by atoms with E-state index < -0.39 is 0 Å². The molecule has 5 heteroatoms. The van der Waals surface area contributed by atoms with Crippen molar-refractivity contribution in [2.24, 2.45) is 0 Å². The summed E-state index contributed by atoms with van der Waals surface area (Å²) >= 11 is 0. The molecule has 0 unspecified atom stereocenters. The van der Waals surface area contributed by atoms with Crippen LogP contribution in [0, 0.1) is 0 Å². The van der Waals surface area contributed by atoms with Gasteiger partial charge in [0.2, 0.25) is 0 Å². The zero-order valence-corrected chi connectivity index (χ0v) is 15.9. The van der Waals surface area contributed by atoms with E-state index >= 15 is 0 Å². The molecule has 0 fully saturated rings. The Morgan fingerprint density at radius 2 is 1.96 bits per heavy atom. The highest BCUT2D eigenvalue weighted by Gasteiger charge is 2.08. The third-order valence-corrected chi connectivity index (χ3v) is 4.63. The molecule has 0 saturated carbocycles. The Balaban J connectivity index is 1.40. The van der Waals surface area contributed by atoms with Crippen molar-refractivity contribution in [2.75, 3.05) is 19.7 Å². The van der Waals surface area contributed by atoms with Crippen LogP contribution in [0.25, 0.3) is 10.9 Å². The smallest absolute Gasteiger partial charge is 0.338 e. The molecule has 0 amide bonds. The maximum atomic E-state index is 11.8. The number of benzene rings is 1. The molecule has 0 radical (unpaired) electrons. The Bertz CT molecular complexity index is 858. The van der Waals surface area contributed by atoms with Crippen LogP contribution in [0.3, 0.4) is 0 Å². The second-order valence-corrected chi connectivity index (χ2v) is 6.57. The highest BCUT2D eigenvalue weighted by molar-refractivity contribution is 5.94. The Morgan fingerprint density at radius 3 is 2.78 bits per heavy atom. The number of nitrogens with one attached hydrogen (secondary N) is 1.